The Morgan fingerprint density at radius 1 is 1.28 bits per heavy atom. The predicted octanol–water partition coefficient (Wildman–Crippen LogP) is 1.49. The summed E-state index contributed by atoms with van der Waals surface area (Å²) < 4.78 is 5.36. The minimum atomic E-state index is 0.0150. The van der Waals surface area contributed by atoms with E-state index in [9.17, 15) is 4.79 Å². The molecule has 0 bridgehead atoms. The van der Waals surface area contributed by atoms with Crippen LogP contribution in [0.3, 0.4) is 0 Å². The lowest BCUT2D eigenvalue weighted by Crippen LogP contribution is -2.30. The van der Waals surface area contributed by atoms with Crippen molar-refractivity contribution in [3.05, 3.63) is 39.2 Å². The van der Waals surface area contributed by atoms with Crippen LogP contribution in [0.5, 0.6) is 5.75 Å². The average Bonchev–Trinajstić information content (AvgIpc) is 2.39. The molecule has 0 radical (unpaired) electrons. The molecule has 0 fully saturated rings. The number of benzene rings is 1. The van der Waals surface area contributed by atoms with Gasteiger partial charge in [-0.3, -0.25) is 4.79 Å². The standard InChI is InChI=1S/C14H16N2O2/c1-8-5-10-11-7-15-4-3-9(11)14(17)16-13(10)12(6-8)18-2/h5-6,15H,3-4,7H2,1-2H3,(H,16,17). The number of hydrogen-bond donors (Lipinski definition) is 2. The van der Waals surface area contributed by atoms with Crippen LogP contribution in [0.15, 0.2) is 16.9 Å². The summed E-state index contributed by atoms with van der Waals surface area (Å²) in [5, 5.41) is 4.41. The first kappa shape index (κ1) is 11.3. The molecule has 4 nitrogen and oxygen atoms in total. The van der Waals surface area contributed by atoms with Crippen LogP contribution >= 0.6 is 0 Å². The van der Waals surface area contributed by atoms with Crippen molar-refractivity contribution in [2.24, 2.45) is 0 Å². The number of aryl methyl sites for hydroxylation is 1. The normalized spacial score (nSPS) is 14.6. The predicted molar refractivity (Wildman–Crippen MR) is 71.3 cm³/mol. The van der Waals surface area contributed by atoms with Gasteiger partial charge in [0, 0.05) is 17.5 Å². The van der Waals surface area contributed by atoms with Gasteiger partial charge < -0.3 is 15.0 Å². The summed E-state index contributed by atoms with van der Waals surface area (Å²) in [7, 11) is 1.63. The van der Waals surface area contributed by atoms with Crippen molar-refractivity contribution in [1.29, 1.82) is 0 Å². The van der Waals surface area contributed by atoms with E-state index in [0.717, 1.165) is 52.9 Å². The monoisotopic (exact) mass is 244 g/mol. The van der Waals surface area contributed by atoms with Crippen molar-refractivity contribution in [2.75, 3.05) is 13.7 Å². The lowest BCUT2D eigenvalue weighted by molar-refractivity contribution is 0.418. The number of pyridine rings is 1. The Morgan fingerprint density at radius 2 is 2.11 bits per heavy atom. The highest BCUT2D eigenvalue weighted by atomic mass is 16.5. The second-order valence-corrected chi connectivity index (χ2v) is 4.73. The lowest BCUT2D eigenvalue weighted by atomic mass is 9.97. The fourth-order valence-corrected chi connectivity index (χ4v) is 2.66. The number of H-pyrrole nitrogens is 1. The van der Waals surface area contributed by atoms with E-state index < -0.39 is 0 Å². The topological polar surface area (TPSA) is 54.1 Å². The van der Waals surface area contributed by atoms with E-state index in [0.29, 0.717) is 0 Å². The van der Waals surface area contributed by atoms with Gasteiger partial charge in [-0.05, 0) is 43.1 Å². The summed E-state index contributed by atoms with van der Waals surface area (Å²) in [5.74, 6) is 0.732. The smallest absolute Gasteiger partial charge is 0.252 e. The molecule has 0 aliphatic carbocycles. The van der Waals surface area contributed by atoms with Crippen molar-refractivity contribution >= 4 is 10.9 Å². The van der Waals surface area contributed by atoms with Crippen LogP contribution < -0.4 is 15.6 Å². The second-order valence-electron chi connectivity index (χ2n) is 4.73. The minimum Gasteiger partial charge on any atom is -0.495 e. The van der Waals surface area contributed by atoms with E-state index in [2.05, 4.69) is 16.4 Å². The summed E-state index contributed by atoms with van der Waals surface area (Å²) in [5.41, 5.74) is 3.98. The molecule has 94 valence electrons. The first-order chi connectivity index (χ1) is 8.70. The Hall–Kier alpha value is -1.81. The number of hydrogen-bond acceptors (Lipinski definition) is 3. The molecule has 18 heavy (non-hydrogen) atoms. The quantitative estimate of drug-likeness (QED) is 0.799. The average molecular weight is 244 g/mol. The third-order valence-corrected chi connectivity index (χ3v) is 3.52. The summed E-state index contributed by atoms with van der Waals surface area (Å²) in [4.78, 5) is 15.0. The van der Waals surface area contributed by atoms with E-state index in [1.165, 1.54) is 0 Å². The molecular weight excluding hydrogens is 228 g/mol. The van der Waals surface area contributed by atoms with Crippen LogP contribution in [0.1, 0.15) is 16.7 Å². The first-order valence-electron chi connectivity index (χ1n) is 6.14. The Labute approximate surface area is 105 Å². The van der Waals surface area contributed by atoms with Gasteiger partial charge in [0.25, 0.3) is 5.56 Å². The number of methoxy groups -OCH3 is 1. The SMILES string of the molecule is COc1cc(C)cc2c3c(c(=O)[nH]c12)CCNC3. The molecule has 0 atom stereocenters. The van der Waals surface area contributed by atoms with Crippen molar-refractivity contribution in [1.82, 2.24) is 10.3 Å². The van der Waals surface area contributed by atoms with Crippen LogP contribution in [0.2, 0.25) is 0 Å². The van der Waals surface area contributed by atoms with Gasteiger partial charge in [0.1, 0.15) is 5.75 Å². The second kappa shape index (κ2) is 4.14. The fraction of sp³-hybridized carbons (Fsp3) is 0.357. The molecule has 0 spiro atoms. The van der Waals surface area contributed by atoms with E-state index in [4.69, 9.17) is 4.74 Å². The highest BCUT2D eigenvalue weighted by Gasteiger charge is 2.17. The van der Waals surface area contributed by atoms with Crippen LogP contribution in [0.4, 0.5) is 0 Å². The number of nitrogens with one attached hydrogen (secondary N) is 2. The van der Waals surface area contributed by atoms with Crippen LogP contribution in [0, 0.1) is 6.92 Å². The minimum absolute atomic E-state index is 0.0150. The maximum Gasteiger partial charge on any atom is 0.252 e. The fourth-order valence-electron chi connectivity index (χ4n) is 2.66. The van der Waals surface area contributed by atoms with Crippen molar-refractivity contribution in [3.8, 4) is 5.75 Å². The highest BCUT2D eigenvalue weighted by molar-refractivity contribution is 5.89. The highest BCUT2D eigenvalue weighted by Crippen LogP contribution is 2.29. The maximum atomic E-state index is 12.1. The maximum absolute atomic E-state index is 12.1. The van der Waals surface area contributed by atoms with E-state index >= 15 is 0 Å². The number of aromatic nitrogens is 1. The van der Waals surface area contributed by atoms with Crippen molar-refractivity contribution < 1.29 is 4.74 Å². The molecule has 2 N–H and O–H groups in total. The molecule has 0 unspecified atom stereocenters. The molecule has 0 saturated heterocycles. The van der Waals surface area contributed by atoms with Crippen LogP contribution in [-0.2, 0) is 13.0 Å². The van der Waals surface area contributed by atoms with Crippen LogP contribution in [-0.4, -0.2) is 18.6 Å². The molecular formula is C14H16N2O2. The van der Waals surface area contributed by atoms with E-state index in [-0.39, 0.29) is 5.56 Å². The number of aromatic amines is 1. The van der Waals surface area contributed by atoms with Gasteiger partial charge in [-0.15, -0.1) is 0 Å². The zero-order valence-electron chi connectivity index (χ0n) is 10.6. The molecule has 1 aromatic carbocycles. The molecule has 0 saturated carbocycles. The number of ether oxygens (including phenoxy) is 1. The van der Waals surface area contributed by atoms with Crippen molar-refractivity contribution in [2.45, 2.75) is 19.9 Å². The van der Waals surface area contributed by atoms with Crippen LogP contribution in [0.25, 0.3) is 10.9 Å². The van der Waals surface area contributed by atoms with Gasteiger partial charge >= 0.3 is 0 Å². The van der Waals surface area contributed by atoms with E-state index in [1.807, 2.05) is 13.0 Å². The zero-order valence-corrected chi connectivity index (χ0v) is 10.6. The summed E-state index contributed by atoms with van der Waals surface area (Å²) in [6.45, 7) is 3.66. The molecule has 0 amide bonds. The summed E-state index contributed by atoms with van der Waals surface area (Å²) in [6, 6.07) is 4.06. The molecule has 2 heterocycles. The Bertz CT molecular complexity index is 674. The van der Waals surface area contributed by atoms with Gasteiger partial charge in [0.05, 0.1) is 12.6 Å². The third-order valence-electron chi connectivity index (χ3n) is 3.52. The lowest BCUT2D eigenvalue weighted by Gasteiger charge is -2.19. The van der Waals surface area contributed by atoms with Gasteiger partial charge in [0.15, 0.2) is 0 Å². The zero-order chi connectivity index (χ0) is 12.7. The molecule has 3 rings (SSSR count). The molecule has 4 heteroatoms. The molecule has 1 aliphatic heterocycles. The summed E-state index contributed by atoms with van der Waals surface area (Å²) in [6.07, 6.45) is 0.789. The van der Waals surface area contributed by atoms with Gasteiger partial charge in [-0.2, -0.15) is 0 Å². The largest absolute Gasteiger partial charge is 0.495 e. The molecule has 2 aromatic rings. The molecule has 1 aliphatic rings. The van der Waals surface area contributed by atoms with Crippen molar-refractivity contribution in [3.63, 3.8) is 0 Å². The molecule has 1 aromatic heterocycles. The van der Waals surface area contributed by atoms with Gasteiger partial charge in [-0.25, -0.2) is 0 Å². The third kappa shape index (κ3) is 1.61. The van der Waals surface area contributed by atoms with Gasteiger partial charge in [0.2, 0.25) is 0 Å². The van der Waals surface area contributed by atoms with E-state index in [1.54, 1.807) is 7.11 Å². The Balaban J connectivity index is 2.44. The number of fused-ring (bicyclic) bond motifs is 3. The van der Waals surface area contributed by atoms with Gasteiger partial charge in [-0.1, -0.05) is 0 Å². The number of rotatable bonds is 1. The first-order valence-corrected chi connectivity index (χ1v) is 6.14. The summed E-state index contributed by atoms with van der Waals surface area (Å²) >= 11 is 0. The Morgan fingerprint density at radius 3 is 2.89 bits per heavy atom. The Kier molecular flexibility index (Phi) is 2.59.